The Morgan fingerprint density at radius 3 is 2.95 bits per heavy atom. The highest BCUT2D eigenvalue weighted by Gasteiger charge is 2.51. The van der Waals surface area contributed by atoms with Crippen LogP contribution in [0.4, 0.5) is 0 Å². The van der Waals surface area contributed by atoms with Crippen LogP contribution in [0, 0.1) is 11.8 Å². The molecule has 0 radical (unpaired) electrons. The zero-order valence-electron chi connectivity index (χ0n) is 11.5. The van der Waals surface area contributed by atoms with E-state index in [4.69, 9.17) is 15.2 Å². The molecule has 0 spiro atoms. The molecule has 3 fully saturated rings. The topological polar surface area (TPSA) is 73.6 Å². The van der Waals surface area contributed by atoms with Gasteiger partial charge in [0.15, 0.2) is 0 Å². The Labute approximate surface area is 114 Å². The summed E-state index contributed by atoms with van der Waals surface area (Å²) in [5.41, 5.74) is 6.17. The number of nitrogens with one attached hydrogen (secondary N) is 1. The van der Waals surface area contributed by atoms with Crippen molar-refractivity contribution in [3.63, 3.8) is 0 Å². The molecule has 6 unspecified atom stereocenters. The molecule has 0 bridgehead atoms. The first kappa shape index (κ1) is 13.3. The van der Waals surface area contributed by atoms with E-state index in [0.717, 1.165) is 32.3 Å². The molecule has 2 heterocycles. The molecule has 108 valence electrons. The lowest BCUT2D eigenvalue weighted by Gasteiger charge is -2.52. The van der Waals surface area contributed by atoms with Gasteiger partial charge >= 0.3 is 0 Å². The van der Waals surface area contributed by atoms with Crippen LogP contribution in [0.25, 0.3) is 0 Å². The van der Waals surface area contributed by atoms with E-state index in [1.54, 1.807) is 0 Å². The Hall–Kier alpha value is -0.650. The minimum Gasteiger partial charge on any atom is -0.377 e. The van der Waals surface area contributed by atoms with Crippen molar-refractivity contribution in [1.29, 1.82) is 0 Å². The number of hydrogen-bond acceptors (Lipinski definition) is 4. The summed E-state index contributed by atoms with van der Waals surface area (Å²) in [5, 5.41) is 3.10. The highest BCUT2D eigenvalue weighted by molar-refractivity contribution is 5.80. The Bertz CT molecular complexity index is 350. The number of nitrogens with two attached hydrogens (primary N) is 1. The van der Waals surface area contributed by atoms with Gasteiger partial charge in [-0.2, -0.15) is 0 Å². The minimum absolute atomic E-state index is 0.00379. The minimum atomic E-state index is -0.0140. The Morgan fingerprint density at radius 1 is 1.32 bits per heavy atom. The molecule has 3 N–H and O–H groups in total. The smallest absolute Gasteiger partial charge is 0.226 e. The van der Waals surface area contributed by atoms with Gasteiger partial charge in [0, 0.05) is 25.2 Å². The number of carbonyl (C=O) groups excluding carboxylic acids is 1. The van der Waals surface area contributed by atoms with Crippen LogP contribution in [-0.4, -0.2) is 43.4 Å². The number of hydrogen-bond donors (Lipinski definition) is 2. The molecule has 5 nitrogen and oxygen atoms in total. The first-order valence-corrected chi connectivity index (χ1v) is 7.51. The fourth-order valence-electron chi connectivity index (χ4n) is 3.75. The van der Waals surface area contributed by atoms with Crippen LogP contribution in [0.15, 0.2) is 0 Å². The predicted octanol–water partition coefficient (Wildman–Crippen LogP) is 0.422. The summed E-state index contributed by atoms with van der Waals surface area (Å²) in [5.74, 6) is 0.512. The standard InChI is InChI=1S/C14H24N2O3/c1-2-10-8(5-7-18-10)14(17)16-12-11(15)9-4-3-6-19-13(9)12/h8-13H,2-7,15H2,1H3,(H,16,17). The number of amides is 1. The van der Waals surface area contributed by atoms with Crippen molar-refractivity contribution in [2.45, 2.75) is 56.9 Å². The molecule has 0 aromatic carbocycles. The van der Waals surface area contributed by atoms with Crippen LogP contribution < -0.4 is 11.1 Å². The van der Waals surface area contributed by atoms with Crippen molar-refractivity contribution in [3.8, 4) is 0 Å². The Balaban J connectivity index is 1.57. The third kappa shape index (κ3) is 2.28. The van der Waals surface area contributed by atoms with Crippen LogP contribution in [0.5, 0.6) is 0 Å². The number of ether oxygens (including phenoxy) is 2. The number of carbonyl (C=O) groups is 1. The molecule has 6 atom stereocenters. The lowest BCUT2D eigenvalue weighted by atomic mass is 9.68. The second kappa shape index (κ2) is 5.38. The molecule has 0 aromatic rings. The summed E-state index contributed by atoms with van der Waals surface area (Å²) in [7, 11) is 0. The molecular weight excluding hydrogens is 244 g/mol. The van der Waals surface area contributed by atoms with E-state index in [1.165, 1.54) is 0 Å². The van der Waals surface area contributed by atoms with E-state index in [1.807, 2.05) is 0 Å². The van der Waals surface area contributed by atoms with Crippen molar-refractivity contribution in [2.75, 3.05) is 13.2 Å². The molecule has 2 saturated heterocycles. The van der Waals surface area contributed by atoms with Crippen LogP contribution in [0.3, 0.4) is 0 Å². The second-order valence-corrected chi connectivity index (χ2v) is 5.97. The largest absolute Gasteiger partial charge is 0.377 e. The molecule has 1 saturated carbocycles. The van der Waals surface area contributed by atoms with Gasteiger partial charge in [-0.15, -0.1) is 0 Å². The van der Waals surface area contributed by atoms with Gasteiger partial charge in [0.1, 0.15) is 0 Å². The van der Waals surface area contributed by atoms with Crippen LogP contribution in [-0.2, 0) is 14.3 Å². The SMILES string of the molecule is CCC1OCCC1C(=O)NC1C(N)C2CCCOC21. The van der Waals surface area contributed by atoms with Crippen molar-refractivity contribution >= 4 is 5.91 Å². The highest BCUT2D eigenvalue weighted by Crippen LogP contribution is 2.37. The fourth-order valence-corrected chi connectivity index (χ4v) is 3.75. The van der Waals surface area contributed by atoms with Crippen LogP contribution >= 0.6 is 0 Å². The summed E-state index contributed by atoms with van der Waals surface area (Å²) in [6.45, 7) is 3.55. The quantitative estimate of drug-likeness (QED) is 0.778. The molecule has 3 aliphatic rings. The highest BCUT2D eigenvalue weighted by atomic mass is 16.5. The Kier molecular flexibility index (Phi) is 3.78. The summed E-state index contributed by atoms with van der Waals surface area (Å²) >= 11 is 0. The fraction of sp³-hybridized carbons (Fsp3) is 0.929. The molecule has 5 heteroatoms. The van der Waals surface area contributed by atoms with Gasteiger partial charge in [-0.1, -0.05) is 6.92 Å². The van der Waals surface area contributed by atoms with Crippen LogP contribution in [0.2, 0.25) is 0 Å². The molecule has 2 aliphatic heterocycles. The van der Waals surface area contributed by atoms with Crippen molar-refractivity contribution in [2.24, 2.45) is 17.6 Å². The summed E-state index contributed by atoms with van der Waals surface area (Å²) in [6.07, 6.45) is 4.12. The normalized spacial score (nSPS) is 45.4. The van der Waals surface area contributed by atoms with Gasteiger partial charge in [-0.05, 0) is 25.7 Å². The number of rotatable bonds is 3. The van der Waals surface area contributed by atoms with Crippen LogP contribution in [0.1, 0.15) is 32.6 Å². The summed E-state index contributed by atoms with van der Waals surface area (Å²) < 4.78 is 11.3. The maximum Gasteiger partial charge on any atom is 0.226 e. The Morgan fingerprint density at radius 2 is 2.16 bits per heavy atom. The maximum absolute atomic E-state index is 12.3. The molecule has 19 heavy (non-hydrogen) atoms. The second-order valence-electron chi connectivity index (χ2n) is 5.97. The van der Waals surface area contributed by atoms with E-state index in [-0.39, 0.29) is 36.1 Å². The first-order valence-electron chi connectivity index (χ1n) is 7.51. The lowest BCUT2D eigenvalue weighted by Crippen LogP contribution is -2.72. The van der Waals surface area contributed by atoms with Crippen molar-refractivity contribution < 1.29 is 14.3 Å². The molecule has 1 amide bonds. The van der Waals surface area contributed by atoms with E-state index in [2.05, 4.69) is 12.2 Å². The van der Waals surface area contributed by atoms with E-state index in [9.17, 15) is 4.79 Å². The van der Waals surface area contributed by atoms with Gasteiger partial charge in [0.2, 0.25) is 5.91 Å². The van der Waals surface area contributed by atoms with Gasteiger partial charge in [-0.3, -0.25) is 4.79 Å². The predicted molar refractivity (Wildman–Crippen MR) is 70.5 cm³/mol. The first-order chi connectivity index (χ1) is 9.22. The molecular formula is C14H24N2O3. The van der Waals surface area contributed by atoms with Crippen molar-refractivity contribution in [3.05, 3.63) is 0 Å². The average molecular weight is 268 g/mol. The third-order valence-electron chi connectivity index (χ3n) is 4.93. The molecule has 1 aliphatic carbocycles. The lowest BCUT2D eigenvalue weighted by molar-refractivity contribution is -0.143. The molecule has 0 aromatic heterocycles. The maximum atomic E-state index is 12.3. The number of fused-ring (bicyclic) bond motifs is 1. The molecule has 3 rings (SSSR count). The van der Waals surface area contributed by atoms with Gasteiger partial charge in [-0.25, -0.2) is 0 Å². The zero-order chi connectivity index (χ0) is 13.4. The third-order valence-corrected chi connectivity index (χ3v) is 4.93. The van der Waals surface area contributed by atoms with Gasteiger partial charge in [0.25, 0.3) is 0 Å². The summed E-state index contributed by atoms with van der Waals surface area (Å²) in [4.78, 5) is 12.3. The van der Waals surface area contributed by atoms with Gasteiger partial charge in [0.05, 0.1) is 24.2 Å². The van der Waals surface area contributed by atoms with E-state index < -0.39 is 0 Å². The van der Waals surface area contributed by atoms with Crippen molar-refractivity contribution in [1.82, 2.24) is 5.32 Å². The summed E-state index contributed by atoms with van der Waals surface area (Å²) in [6, 6.07) is 0.0487. The van der Waals surface area contributed by atoms with E-state index in [0.29, 0.717) is 12.5 Å². The van der Waals surface area contributed by atoms with E-state index >= 15 is 0 Å². The zero-order valence-corrected chi connectivity index (χ0v) is 11.5. The average Bonchev–Trinajstić information content (AvgIpc) is 2.92. The monoisotopic (exact) mass is 268 g/mol. The van der Waals surface area contributed by atoms with Gasteiger partial charge < -0.3 is 20.5 Å².